The minimum atomic E-state index is -1.45. The van der Waals surface area contributed by atoms with Crippen molar-refractivity contribution in [1.82, 2.24) is 15.2 Å². The molecule has 0 aliphatic carbocycles. The molecule has 0 fully saturated rings. The van der Waals surface area contributed by atoms with Crippen molar-refractivity contribution in [3.8, 4) is 6.07 Å². The topological polar surface area (TPSA) is 170 Å². The van der Waals surface area contributed by atoms with Crippen molar-refractivity contribution in [2.45, 2.75) is 57.8 Å². The summed E-state index contributed by atoms with van der Waals surface area (Å²) >= 11 is 0. The van der Waals surface area contributed by atoms with Gasteiger partial charge in [-0.25, -0.2) is 0 Å². The zero-order valence-corrected chi connectivity index (χ0v) is 20.6. The van der Waals surface area contributed by atoms with Gasteiger partial charge in [0.2, 0.25) is 5.91 Å². The summed E-state index contributed by atoms with van der Waals surface area (Å²) in [5.41, 5.74) is 6.34. The van der Waals surface area contributed by atoms with Crippen LogP contribution in [-0.2, 0) is 6.42 Å². The van der Waals surface area contributed by atoms with Crippen LogP contribution in [0.5, 0.6) is 0 Å². The van der Waals surface area contributed by atoms with Crippen molar-refractivity contribution >= 4 is 17.7 Å². The minimum Gasteiger partial charge on any atom is -0.389 e. The van der Waals surface area contributed by atoms with E-state index in [2.05, 4.69) is 10.3 Å². The van der Waals surface area contributed by atoms with Gasteiger partial charge in [-0.1, -0.05) is 13.8 Å². The average Bonchev–Trinajstić information content (AvgIpc) is 2.87. The van der Waals surface area contributed by atoms with E-state index in [-0.39, 0.29) is 36.9 Å². The molecular formula is C26H35N5O5. The third kappa shape index (κ3) is 7.86. The lowest BCUT2D eigenvalue weighted by atomic mass is 9.96. The van der Waals surface area contributed by atoms with Crippen LogP contribution in [0.1, 0.15) is 71.2 Å². The Hall–Kier alpha value is -3.81. The standard InChI is InChI=1S/C26H33N5O5.H2/c1-3-11-31(12-4-2)26(36)20-15-18(24(28)34)14-19(16-20)25(35)30-21(23(33)22(32)5-8-27)13-17-6-9-29-10-7-17;/h6-7,9-10,14-16,21-23,32-33H,3-5,11-13H2,1-2H3,(H2,28,34)(H,30,35);1H. The number of nitrogens with one attached hydrogen (secondary N) is 1. The lowest BCUT2D eigenvalue weighted by Crippen LogP contribution is -2.49. The summed E-state index contributed by atoms with van der Waals surface area (Å²) in [6.45, 7) is 4.94. The van der Waals surface area contributed by atoms with Gasteiger partial charge >= 0.3 is 0 Å². The number of aromatic nitrogens is 1. The van der Waals surface area contributed by atoms with E-state index in [0.717, 1.165) is 18.4 Å². The first-order valence-electron chi connectivity index (χ1n) is 11.9. The predicted molar refractivity (Wildman–Crippen MR) is 135 cm³/mol. The van der Waals surface area contributed by atoms with Crippen molar-refractivity contribution < 1.29 is 26.0 Å². The van der Waals surface area contributed by atoms with Crippen molar-refractivity contribution in [2.24, 2.45) is 5.73 Å². The van der Waals surface area contributed by atoms with Crippen molar-refractivity contribution in [2.75, 3.05) is 13.1 Å². The van der Waals surface area contributed by atoms with Crippen LogP contribution in [0.2, 0.25) is 0 Å². The van der Waals surface area contributed by atoms with Gasteiger partial charge in [0.05, 0.1) is 24.6 Å². The Morgan fingerprint density at radius 3 is 2.22 bits per heavy atom. The number of aliphatic hydroxyl groups excluding tert-OH is 2. The number of primary amides is 1. The van der Waals surface area contributed by atoms with Gasteiger partial charge in [0.25, 0.3) is 11.8 Å². The van der Waals surface area contributed by atoms with E-state index in [9.17, 15) is 24.6 Å². The molecule has 0 saturated carbocycles. The van der Waals surface area contributed by atoms with E-state index in [1.807, 2.05) is 13.8 Å². The highest BCUT2D eigenvalue weighted by Crippen LogP contribution is 2.16. The van der Waals surface area contributed by atoms with Gasteiger partial charge in [-0.2, -0.15) is 5.26 Å². The molecule has 0 spiro atoms. The van der Waals surface area contributed by atoms with E-state index < -0.39 is 30.1 Å². The summed E-state index contributed by atoms with van der Waals surface area (Å²) in [5, 5.41) is 32.5. The molecule has 0 saturated heterocycles. The first-order valence-corrected chi connectivity index (χ1v) is 11.9. The fourth-order valence-corrected chi connectivity index (χ4v) is 3.83. The van der Waals surface area contributed by atoms with E-state index in [1.165, 1.54) is 18.2 Å². The molecule has 1 aromatic carbocycles. The molecule has 2 rings (SSSR count). The highest BCUT2D eigenvalue weighted by Gasteiger charge is 2.29. The SMILES string of the molecule is CCCN(CCC)C(=O)c1cc(C(N)=O)cc(C(=O)NC(Cc2ccncc2)C(O)C(O)CC#N)c1.[HH]. The van der Waals surface area contributed by atoms with Gasteiger partial charge in [0.1, 0.15) is 6.10 Å². The second-order valence-corrected chi connectivity index (χ2v) is 8.52. The number of aliphatic hydroxyl groups is 2. The zero-order valence-electron chi connectivity index (χ0n) is 20.6. The Labute approximate surface area is 212 Å². The zero-order chi connectivity index (χ0) is 26.7. The van der Waals surface area contributed by atoms with E-state index in [4.69, 9.17) is 11.0 Å². The van der Waals surface area contributed by atoms with Crippen LogP contribution in [0.3, 0.4) is 0 Å². The highest BCUT2D eigenvalue weighted by atomic mass is 16.3. The van der Waals surface area contributed by atoms with Crippen molar-refractivity contribution in [1.29, 1.82) is 5.26 Å². The Morgan fingerprint density at radius 2 is 1.67 bits per heavy atom. The maximum absolute atomic E-state index is 13.2. The summed E-state index contributed by atoms with van der Waals surface area (Å²) in [4.78, 5) is 43.9. The van der Waals surface area contributed by atoms with Crippen LogP contribution in [0.25, 0.3) is 0 Å². The Morgan fingerprint density at radius 1 is 1.08 bits per heavy atom. The number of pyridine rings is 1. The van der Waals surface area contributed by atoms with Gasteiger partial charge in [-0.05, 0) is 55.2 Å². The summed E-state index contributed by atoms with van der Waals surface area (Å²) < 4.78 is 0. The van der Waals surface area contributed by atoms with Gasteiger partial charge < -0.3 is 26.2 Å². The lowest BCUT2D eigenvalue weighted by molar-refractivity contribution is -0.000341. The molecule has 3 unspecified atom stereocenters. The second kappa shape index (κ2) is 13.9. The number of carbonyl (C=O) groups is 3. The Bertz CT molecular complexity index is 1090. The number of carbonyl (C=O) groups excluding carboxylic acids is 3. The van der Waals surface area contributed by atoms with Gasteiger partial charge in [-0.3, -0.25) is 19.4 Å². The largest absolute Gasteiger partial charge is 0.389 e. The molecule has 1 heterocycles. The molecule has 5 N–H and O–H groups in total. The molecule has 2 aromatic rings. The fraction of sp³-hybridized carbons (Fsp3) is 0.423. The van der Waals surface area contributed by atoms with E-state index in [0.29, 0.717) is 13.1 Å². The molecule has 10 nitrogen and oxygen atoms in total. The first-order chi connectivity index (χ1) is 17.2. The van der Waals surface area contributed by atoms with E-state index >= 15 is 0 Å². The molecule has 10 heteroatoms. The molecule has 3 atom stereocenters. The van der Waals surface area contributed by atoms with Crippen molar-refractivity contribution in [3.05, 3.63) is 65.0 Å². The number of hydrogen-bond donors (Lipinski definition) is 4. The Balaban J connectivity index is 0.00000684. The number of nitrogens with zero attached hydrogens (tertiary/aromatic N) is 3. The first kappa shape index (κ1) is 28.4. The van der Waals surface area contributed by atoms with Crippen molar-refractivity contribution in [3.63, 3.8) is 0 Å². The lowest BCUT2D eigenvalue weighted by Gasteiger charge is -2.27. The van der Waals surface area contributed by atoms with Crippen LogP contribution < -0.4 is 11.1 Å². The minimum absolute atomic E-state index is 0. The average molecular weight is 498 g/mol. The third-order valence-corrected chi connectivity index (χ3v) is 5.63. The smallest absolute Gasteiger partial charge is 0.253 e. The second-order valence-electron chi connectivity index (χ2n) is 8.52. The highest BCUT2D eigenvalue weighted by molar-refractivity contribution is 6.04. The fourth-order valence-electron chi connectivity index (χ4n) is 3.83. The number of nitriles is 1. The van der Waals surface area contributed by atoms with Crippen LogP contribution in [0, 0.1) is 11.3 Å². The molecule has 36 heavy (non-hydrogen) atoms. The van der Waals surface area contributed by atoms with Crippen LogP contribution >= 0.6 is 0 Å². The normalized spacial score (nSPS) is 13.2. The molecule has 0 bridgehead atoms. The monoisotopic (exact) mass is 497 g/mol. The number of nitrogens with two attached hydrogens (primary N) is 1. The third-order valence-electron chi connectivity index (χ3n) is 5.63. The maximum Gasteiger partial charge on any atom is 0.253 e. The number of hydrogen-bond acceptors (Lipinski definition) is 7. The van der Waals surface area contributed by atoms with Gasteiger partial charge in [0, 0.05) is 43.6 Å². The summed E-state index contributed by atoms with van der Waals surface area (Å²) in [5.74, 6) is -1.80. The molecular weight excluding hydrogens is 462 g/mol. The molecule has 3 amide bonds. The van der Waals surface area contributed by atoms with Crippen LogP contribution in [0.4, 0.5) is 0 Å². The number of benzene rings is 1. The van der Waals surface area contributed by atoms with Crippen LogP contribution in [0.15, 0.2) is 42.7 Å². The summed E-state index contributed by atoms with van der Waals surface area (Å²) in [6, 6.07) is 8.23. The van der Waals surface area contributed by atoms with Crippen LogP contribution in [-0.4, -0.2) is 69.2 Å². The molecule has 0 radical (unpaired) electrons. The molecule has 0 aliphatic heterocycles. The summed E-state index contributed by atoms with van der Waals surface area (Å²) in [7, 11) is 0. The molecule has 194 valence electrons. The summed E-state index contributed by atoms with van der Waals surface area (Å²) in [6.07, 6.45) is 1.56. The quantitative estimate of drug-likeness (QED) is 0.326. The molecule has 1 aromatic heterocycles. The van der Waals surface area contributed by atoms with Gasteiger partial charge in [0.15, 0.2) is 0 Å². The molecule has 0 aliphatic rings. The number of rotatable bonds is 13. The Kier molecular flexibility index (Phi) is 11.0. The predicted octanol–water partition coefficient (Wildman–Crippen LogP) is 1.67. The number of amides is 3. The van der Waals surface area contributed by atoms with E-state index in [1.54, 1.807) is 35.5 Å². The maximum atomic E-state index is 13.2. The van der Waals surface area contributed by atoms with Gasteiger partial charge in [-0.15, -0.1) is 0 Å².